The standard InChI is InChI=1S/C17H44NO7PSi4/c1-22-18-26(20,21)25-17(27(2,3)4,28(5,6)7)16(24-30(11,12)13)15(14-19)23-29(8,9)10/h14-16,20-21H,1-13H3/t15-,16+/m0/s1. The highest BCUT2D eigenvalue weighted by Gasteiger charge is 2.64. The SMILES string of the molecule is CON=P(O)(O)OC([C@H](O[Si](C)(C)C)[C@H](C=O)O[Si](C)(C)C)([Si](C)(C)C)[Si](C)(C)C. The van der Waals surface area contributed by atoms with Crippen LogP contribution in [0.3, 0.4) is 0 Å². The molecule has 0 amide bonds. The van der Waals surface area contributed by atoms with E-state index < -0.39 is 57.6 Å². The molecular formula is C17H44NO7PSi4. The highest BCUT2D eigenvalue weighted by Crippen LogP contribution is 2.54. The van der Waals surface area contributed by atoms with Crippen molar-refractivity contribution >= 4 is 46.8 Å². The molecule has 0 saturated heterocycles. The van der Waals surface area contributed by atoms with Crippen LogP contribution < -0.4 is 0 Å². The van der Waals surface area contributed by atoms with Gasteiger partial charge in [-0.15, -0.1) is 0 Å². The summed E-state index contributed by atoms with van der Waals surface area (Å²) in [5, 5.41) is 0. The van der Waals surface area contributed by atoms with Gasteiger partial charge in [0.2, 0.25) is 0 Å². The number of carbonyl (C=O) groups excluding carboxylic acids is 1. The van der Waals surface area contributed by atoms with Crippen molar-refractivity contribution < 1.29 is 32.8 Å². The zero-order valence-corrected chi connectivity index (χ0v) is 26.0. The van der Waals surface area contributed by atoms with Gasteiger partial charge in [-0.25, -0.2) is 0 Å². The van der Waals surface area contributed by atoms with E-state index in [1.165, 1.54) is 7.11 Å². The van der Waals surface area contributed by atoms with Crippen molar-refractivity contribution in [3.8, 4) is 0 Å². The number of carbonyl (C=O) groups is 1. The predicted molar refractivity (Wildman–Crippen MR) is 134 cm³/mol. The van der Waals surface area contributed by atoms with Crippen LogP contribution in [0.5, 0.6) is 0 Å². The molecule has 0 aliphatic heterocycles. The molecule has 0 fully saturated rings. The lowest BCUT2D eigenvalue weighted by molar-refractivity contribution is -0.122. The van der Waals surface area contributed by atoms with Crippen LogP contribution in [0.25, 0.3) is 0 Å². The summed E-state index contributed by atoms with van der Waals surface area (Å²) in [4.78, 5) is 40.7. The highest BCUT2D eigenvalue weighted by atomic mass is 31.2. The van der Waals surface area contributed by atoms with Crippen LogP contribution in [0.4, 0.5) is 0 Å². The van der Waals surface area contributed by atoms with Crippen molar-refractivity contribution in [3.63, 3.8) is 0 Å². The van der Waals surface area contributed by atoms with Gasteiger partial charge >= 0.3 is 7.74 Å². The smallest absolute Gasteiger partial charge is 0.377 e. The summed E-state index contributed by atoms with van der Waals surface area (Å²) < 4.78 is 19.2. The van der Waals surface area contributed by atoms with Crippen molar-refractivity contribution in [1.29, 1.82) is 0 Å². The average Bonchev–Trinajstić information content (AvgIpc) is 2.43. The lowest BCUT2D eigenvalue weighted by Crippen LogP contribution is -2.77. The number of hydrogen-bond donors (Lipinski definition) is 2. The minimum absolute atomic E-state index is 0.780. The molecule has 0 saturated carbocycles. The third-order valence-corrected chi connectivity index (χ3v) is 17.4. The molecule has 180 valence electrons. The van der Waals surface area contributed by atoms with Crippen LogP contribution in [-0.4, -0.2) is 73.0 Å². The van der Waals surface area contributed by atoms with Crippen molar-refractivity contribution in [2.24, 2.45) is 4.91 Å². The molecular weight excluding hydrogens is 474 g/mol. The van der Waals surface area contributed by atoms with Gasteiger partial charge in [0, 0.05) is 0 Å². The molecule has 0 aromatic rings. The summed E-state index contributed by atoms with van der Waals surface area (Å²) in [7, 11) is -12.2. The second kappa shape index (κ2) is 10.2. The van der Waals surface area contributed by atoms with Crippen LogP contribution in [0.1, 0.15) is 0 Å². The molecule has 0 heterocycles. The molecule has 30 heavy (non-hydrogen) atoms. The zero-order valence-electron chi connectivity index (χ0n) is 21.1. The first-order valence-electron chi connectivity index (χ1n) is 10.1. The lowest BCUT2D eigenvalue weighted by atomic mass is 10.2. The van der Waals surface area contributed by atoms with Crippen molar-refractivity contribution in [3.05, 3.63) is 0 Å². The Morgan fingerprint density at radius 1 is 0.833 bits per heavy atom. The van der Waals surface area contributed by atoms with Gasteiger partial charge in [0.05, 0.1) is 28.1 Å². The molecule has 0 spiro atoms. The molecule has 8 nitrogen and oxygen atoms in total. The van der Waals surface area contributed by atoms with Gasteiger partial charge in [0.15, 0.2) is 16.6 Å². The average molecular weight is 518 g/mol. The molecule has 13 heteroatoms. The molecule has 0 bridgehead atoms. The maximum atomic E-state index is 12.3. The van der Waals surface area contributed by atoms with E-state index in [2.05, 4.69) is 49.0 Å². The van der Waals surface area contributed by atoms with Crippen LogP contribution >= 0.6 is 7.74 Å². The van der Waals surface area contributed by atoms with Gasteiger partial charge in [-0.1, -0.05) is 44.2 Å². The fourth-order valence-corrected chi connectivity index (χ4v) is 21.1. The number of nitrogens with zero attached hydrogens (tertiary/aromatic N) is 1. The number of rotatable bonds is 12. The first kappa shape index (κ1) is 30.5. The van der Waals surface area contributed by atoms with Gasteiger partial charge in [-0.2, -0.15) is 0 Å². The lowest BCUT2D eigenvalue weighted by Gasteiger charge is -2.57. The van der Waals surface area contributed by atoms with Gasteiger partial charge in [0.1, 0.15) is 18.5 Å². The summed E-state index contributed by atoms with van der Waals surface area (Å²) >= 11 is 0. The number of hydrogen-bond acceptors (Lipinski definition) is 6. The van der Waals surface area contributed by atoms with E-state index in [1.54, 1.807) is 0 Å². The zero-order chi connectivity index (χ0) is 24.4. The Morgan fingerprint density at radius 3 is 1.50 bits per heavy atom. The minimum atomic E-state index is -4.23. The molecule has 2 N–H and O–H groups in total. The molecule has 0 radical (unpaired) electrons. The molecule has 2 atom stereocenters. The normalized spacial score (nSPS) is 16.9. The Kier molecular flexibility index (Phi) is 10.4. The Hall–Kier alpha value is 0.528. The predicted octanol–water partition coefficient (Wildman–Crippen LogP) is 4.63. The second-order valence-electron chi connectivity index (χ2n) is 11.6. The van der Waals surface area contributed by atoms with E-state index in [9.17, 15) is 14.6 Å². The highest BCUT2D eigenvalue weighted by molar-refractivity contribution is 7.49. The summed E-state index contributed by atoms with van der Waals surface area (Å²) in [5.74, 6) is 0. The fraction of sp³-hybridized carbons (Fsp3) is 0.941. The molecule has 0 aliphatic rings. The van der Waals surface area contributed by atoms with Crippen molar-refractivity contribution in [2.75, 3.05) is 7.11 Å². The number of aldehydes is 1. The summed E-state index contributed by atoms with van der Waals surface area (Å²) in [5.41, 5.74) is 0. The third-order valence-electron chi connectivity index (χ3n) is 4.49. The molecule has 0 aromatic carbocycles. The molecule has 0 aromatic heterocycles. The van der Waals surface area contributed by atoms with E-state index >= 15 is 0 Å². The van der Waals surface area contributed by atoms with Crippen LogP contribution in [-0.2, 0) is 23.0 Å². The maximum absolute atomic E-state index is 12.3. The Balaban J connectivity index is 7.18. The van der Waals surface area contributed by atoms with Crippen LogP contribution in [0.15, 0.2) is 4.91 Å². The summed E-state index contributed by atoms with van der Waals surface area (Å²) in [6.45, 7) is 24.7. The first-order valence-corrected chi connectivity index (χ1v) is 25.5. The maximum Gasteiger partial charge on any atom is 0.377 e. The quantitative estimate of drug-likeness (QED) is 0.168. The topological polar surface area (TPSA) is 107 Å². The third kappa shape index (κ3) is 8.47. The van der Waals surface area contributed by atoms with Crippen molar-refractivity contribution in [2.45, 2.75) is 95.6 Å². The van der Waals surface area contributed by atoms with E-state index in [4.69, 9.17) is 13.4 Å². The first-order chi connectivity index (χ1) is 13.0. The van der Waals surface area contributed by atoms with Crippen LogP contribution in [0.2, 0.25) is 78.6 Å². The molecule has 0 unspecified atom stereocenters. The molecule has 0 aliphatic carbocycles. The van der Waals surface area contributed by atoms with E-state index in [0.29, 0.717) is 0 Å². The summed E-state index contributed by atoms with van der Waals surface area (Å²) in [6.07, 6.45) is -0.883. The largest absolute Gasteiger partial charge is 0.409 e. The molecule has 0 rings (SSSR count). The van der Waals surface area contributed by atoms with Gasteiger partial charge in [-0.05, 0) is 39.3 Å². The van der Waals surface area contributed by atoms with E-state index in [0.717, 1.165) is 6.29 Å². The second-order valence-corrected chi connectivity index (χ2v) is 32.9. The summed E-state index contributed by atoms with van der Waals surface area (Å²) in [6, 6.07) is 0. The minimum Gasteiger partial charge on any atom is -0.409 e. The van der Waals surface area contributed by atoms with Gasteiger partial charge in [-0.3, -0.25) is 9.36 Å². The van der Waals surface area contributed by atoms with Crippen molar-refractivity contribution in [1.82, 2.24) is 0 Å². The monoisotopic (exact) mass is 517 g/mol. The fourth-order valence-electron chi connectivity index (χ4n) is 3.95. The van der Waals surface area contributed by atoms with Gasteiger partial charge < -0.3 is 23.4 Å². The Labute approximate surface area is 187 Å². The van der Waals surface area contributed by atoms with E-state index in [1.807, 2.05) is 39.3 Å². The van der Waals surface area contributed by atoms with E-state index in [-0.39, 0.29) is 0 Å². The van der Waals surface area contributed by atoms with Crippen LogP contribution in [0, 0.1) is 0 Å². The van der Waals surface area contributed by atoms with Gasteiger partial charge in [0.25, 0.3) is 0 Å². The Morgan fingerprint density at radius 2 is 1.23 bits per heavy atom. The Bertz CT molecular complexity index is 616.